The maximum absolute atomic E-state index is 11.9. The molecule has 1 aromatic carbocycles. The fourth-order valence-corrected chi connectivity index (χ4v) is 2.65. The van der Waals surface area contributed by atoms with Crippen LogP contribution in [0.3, 0.4) is 0 Å². The number of sulfonamides is 1. The van der Waals surface area contributed by atoms with E-state index in [2.05, 4.69) is 15.4 Å². The van der Waals surface area contributed by atoms with Crippen molar-refractivity contribution in [1.29, 1.82) is 0 Å². The molecule has 0 aliphatic rings. The molecule has 8 heteroatoms. The lowest BCUT2D eigenvalue weighted by Crippen LogP contribution is -2.30. The Hall–Kier alpha value is -1.48. The summed E-state index contributed by atoms with van der Waals surface area (Å²) in [7, 11) is -0.617. The molecule has 0 aliphatic carbocycles. The highest BCUT2D eigenvalue weighted by Gasteiger charge is 2.15. The van der Waals surface area contributed by atoms with Crippen LogP contribution in [0, 0.1) is 6.92 Å². The normalized spacial score (nSPS) is 11.4. The number of methoxy groups -OCH3 is 1. The summed E-state index contributed by atoms with van der Waals surface area (Å²) in [6.07, 6.45) is 0. The number of carbonyl (C=O) groups is 1. The van der Waals surface area contributed by atoms with Crippen LogP contribution >= 0.6 is 0 Å². The summed E-state index contributed by atoms with van der Waals surface area (Å²) >= 11 is 0. The van der Waals surface area contributed by atoms with Crippen LogP contribution in [-0.4, -0.2) is 48.2 Å². The van der Waals surface area contributed by atoms with Crippen LogP contribution < -0.4 is 15.4 Å². The van der Waals surface area contributed by atoms with Crippen molar-refractivity contribution in [1.82, 2.24) is 10.0 Å². The van der Waals surface area contributed by atoms with Gasteiger partial charge in [0, 0.05) is 19.3 Å². The number of hydrogen-bond donors (Lipinski definition) is 3. The first-order valence-corrected chi connectivity index (χ1v) is 7.92. The maximum Gasteiger partial charge on any atom is 0.240 e. The minimum atomic E-state index is -3.54. The highest BCUT2D eigenvalue weighted by Crippen LogP contribution is 2.19. The van der Waals surface area contributed by atoms with E-state index < -0.39 is 10.0 Å². The van der Waals surface area contributed by atoms with Crippen molar-refractivity contribution in [2.75, 3.05) is 39.2 Å². The van der Waals surface area contributed by atoms with Gasteiger partial charge in [-0.05, 0) is 31.7 Å². The number of anilines is 1. The Morgan fingerprint density at radius 1 is 1.33 bits per heavy atom. The topological polar surface area (TPSA) is 96.5 Å². The van der Waals surface area contributed by atoms with Gasteiger partial charge in [0.2, 0.25) is 15.9 Å². The molecule has 21 heavy (non-hydrogen) atoms. The highest BCUT2D eigenvalue weighted by molar-refractivity contribution is 7.89. The average Bonchev–Trinajstić information content (AvgIpc) is 2.45. The molecule has 1 amide bonds. The number of rotatable bonds is 8. The lowest BCUT2D eigenvalue weighted by Gasteiger charge is -2.10. The first kappa shape index (κ1) is 17.6. The maximum atomic E-state index is 11.9. The predicted octanol–water partition coefficient (Wildman–Crippen LogP) is 0.0776. The Morgan fingerprint density at radius 2 is 2.05 bits per heavy atom. The monoisotopic (exact) mass is 315 g/mol. The third kappa shape index (κ3) is 5.43. The quantitative estimate of drug-likeness (QED) is 0.590. The SMILES string of the molecule is CNS(=O)(=O)c1cc(NC(=O)CNCCOC)ccc1C. The minimum Gasteiger partial charge on any atom is -0.383 e. The van der Waals surface area contributed by atoms with Gasteiger partial charge in [-0.2, -0.15) is 0 Å². The van der Waals surface area contributed by atoms with Crippen molar-refractivity contribution in [2.45, 2.75) is 11.8 Å². The second-order valence-corrected chi connectivity index (χ2v) is 6.26. The van der Waals surface area contributed by atoms with Gasteiger partial charge in [0.1, 0.15) is 0 Å². The van der Waals surface area contributed by atoms with E-state index in [0.717, 1.165) is 0 Å². The first-order chi connectivity index (χ1) is 9.90. The second-order valence-electron chi connectivity index (χ2n) is 4.41. The minimum absolute atomic E-state index is 0.130. The molecule has 0 aromatic heterocycles. The molecule has 0 aliphatic heterocycles. The van der Waals surface area contributed by atoms with Gasteiger partial charge < -0.3 is 15.4 Å². The van der Waals surface area contributed by atoms with Crippen LogP contribution in [0.5, 0.6) is 0 Å². The molecule has 0 spiro atoms. The van der Waals surface area contributed by atoms with Gasteiger partial charge >= 0.3 is 0 Å². The van der Waals surface area contributed by atoms with Crippen molar-refractivity contribution in [3.63, 3.8) is 0 Å². The van der Waals surface area contributed by atoms with E-state index in [4.69, 9.17) is 4.74 Å². The molecule has 7 nitrogen and oxygen atoms in total. The van der Waals surface area contributed by atoms with E-state index in [1.807, 2.05) is 0 Å². The van der Waals surface area contributed by atoms with E-state index in [-0.39, 0.29) is 17.3 Å². The number of nitrogens with one attached hydrogen (secondary N) is 3. The van der Waals surface area contributed by atoms with Crippen LogP contribution in [0.25, 0.3) is 0 Å². The van der Waals surface area contributed by atoms with Crippen LogP contribution in [0.2, 0.25) is 0 Å². The molecule has 0 bridgehead atoms. The summed E-state index contributed by atoms with van der Waals surface area (Å²) in [5, 5.41) is 5.55. The van der Waals surface area contributed by atoms with Crippen LogP contribution in [0.15, 0.2) is 23.1 Å². The van der Waals surface area contributed by atoms with Crippen molar-refractivity contribution in [3.05, 3.63) is 23.8 Å². The van der Waals surface area contributed by atoms with Crippen molar-refractivity contribution in [3.8, 4) is 0 Å². The highest BCUT2D eigenvalue weighted by atomic mass is 32.2. The Kier molecular flexibility index (Phi) is 6.76. The molecule has 0 radical (unpaired) electrons. The van der Waals surface area contributed by atoms with Gasteiger partial charge in [0.05, 0.1) is 18.0 Å². The smallest absolute Gasteiger partial charge is 0.240 e. The number of amides is 1. The lowest BCUT2D eigenvalue weighted by atomic mass is 10.2. The fraction of sp³-hybridized carbons (Fsp3) is 0.462. The molecule has 1 rings (SSSR count). The molecular formula is C13H21N3O4S. The number of benzene rings is 1. The van der Waals surface area contributed by atoms with Crippen LogP contribution in [0.1, 0.15) is 5.56 Å². The number of aryl methyl sites for hydroxylation is 1. The van der Waals surface area contributed by atoms with Crippen molar-refractivity contribution < 1.29 is 17.9 Å². The predicted molar refractivity (Wildman–Crippen MR) is 80.8 cm³/mol. The molecule has 118 valence electrons. The Morgan fingerprint density at radius 3 is 2.67 bits per heavy atom. The Bertz CT molecular complexity index is 587. The van der Waals surface area contributed by atoms with E-state index in [1.54, 1.807) is 26.2 Å². The third-order valence-corrected chi connectivity index (χ3v) is 4.35. The van der Waals surface area contributed by atoms with Gasteiger partial charge in [0.25, 0.3) is 0 Å². The second kappa shape index (κ2) is 8.08. The van der Waals surface area contributed by atoms with E-state index in [9.17, 15) is 13.2 Å². The summed E-state index contributed by atoms with van der Waals surface area (Å²) in [5.74, 6) is -0.247. The molecule has 0 heterocycles. The Balaban J connectivity index is 2.73. The van der Waals surface area contributed by atoms with Gasteiger partial charge in [-0.25, -0.2) is 13.1 Å². The average molecular weight is 315 g/mol. The van der Waals surface area contributed by atoms with Gasteiger partial charge in [-0.1, -0.05) is 6.07 Å². The largest absolute Gasteiger partial charge is 0.383 e. The van der Waals surface area contributed by atoms with Gasteiger partial charge in [-0.3, -0.25) is 4.79 Å². The molecule has 3 N–H and O–H groups in total. The van der Waals surface area contributed by atoms with Crippen LogP contribution in [-0.2, 0) is 19.6 Å². The zero-order chi connectivity index (χ0) is 15.9. The summed E-state index contributed by atoms with van der Waals surface area (Å²) in [5.41, 5.74) is 1.05. The molecule has 0 unspecified atom stereocenters. The van der Waals surface area contributed by atoms with Crippen LogP contribution in [0.4, 0.5) is 5.69 Å². The van der Waals surface area contributed by atoms with E-state index in [1.165, 1.54) is 13.1 Å². The fourth-order valence-electron chi connectivity index (χ4n) is 1.66. The number of carbonyl (C=O) groups excluding carboxylic acids is 1. The number of hydrogen-bond acceptors (Lipinski definition) is 5. The van der Waals surface area contributed by atoms with Crippen molar-refractivity contribution >= 4 is 21.6 Å². The van der Waals surface area contributed by atoms with Gasteiger partial charge in [0.15, 0.2) is 0 Å². The standard InChI is InChI=1S/C13H21N3O4S/c1-10-4-5-11(8-12(10)21(18,19)14-2)16-13(17)9-15-6-7-20-3/h4-5,8,14-15H,6-7,9H2,1-3H3,(H,16,17). The van der Waals surface area contributed by atoms with Gasteiger partial charge in [-0.15, -0.1) is 0 Å². The zero-order valence-corrected chi connectivity index (χ0v) is 13.2. The number of ether oxygens (including phenoxy) is 1. The molecule has 0 saturated heterocycles. The van der Waals surface area contributed by atoms with Crippen molar-refractivity contribution in [2.24, 2.45) is 0 Å². The Labute approximate surface area is 125 Å². The summed E-state index contributed by atoms with van der Waals surface area (Å²) < 4.78 is 30.8. The molecular weight excluding hydrogens is 294 g/mol. The summed E-state index contributed by atoms with van der Waals surface area (Å²) in [6.45, 7) is 2.91. The summed E-state index contributed by atoms with van der Waals surface area (Å²) in [4.78, 5) is 11.9. The summed E-state index contributed by atoms with van der Waals surface area (Å²) in [6, 6.07) is 4.75. The lowest BCUT2D eigenvalue weighted by molar-refractivity contribution is -0.115. The zero-order valence-electron chi connectivity index (χ0n) is 12.4. The first-order valence-electron chi connectivity index (χ1n) is 6.44. The molecule has 1 aromatic rings. The molecule has 0 atom stereocenters. The third-order valence-electron chi connectivity index (χ3n) is 2.80. The molecule has 0 saturated carbocycles. The molecule has 0 fully saturated rings. The van der Waals surface area contributed by atoms with E-state index >= 15 is 0 Å². The van der Waals surface area contributed by atoms with E-state index in [0.29, 0.717) is 24.4 Å².